The van der Waals surface area contributed by atoms with Crippen LogP contribution in [-0.2, 0) is 9.59 Å². The Balaban J connectivity index is 1.48. The van der Waals surface area contributed by atoms with E-state index >= 15 is 0 Å². The predicted octanol–water partition coefficient (Wildman–Crippen LogP) is 3.52. The van der Waals surface area contributed by atoms with E-state index in [0.29, 0.717) is 41.4 Å². The normalized spacial score (nSPS) is 18.5. The van der Waals surface area contributed by atoms with Gasteiger partial charge < -0.3 is 19.7 Å². The maximum Gasteiger partial charge on any atom is 0.229 e. The molecule has 27 heavy (non-hydrogen) atoms. The van der Waals surface area contributed by atoms with E-state index in [4.69, 9.17) is 9.47 Å². The molecule has 2 aromatic carbocycles. The molecule has 6 nitrogen and oxygen atoms in total. The molecule has 1 unspecified atom stereocenters. The van der Waals surface area contributed by atoms with E-state index in [1.165, 1.54) is 0 Å². The summed E-state index contributed by atoms with van der Waals surface area (Å²) in [6, 6.07) is 11.3. The Hall–Kier alpha value is -2.54. The number of nitrogens with one attached hydrogen (secondary N) is 1. The lowest BCUT2D eigenvalue weighted by Crippen LogP contribution is -2.28. The van der Waals surface area contributed by atoms with E-state index in [0.717, 1.165) is 11.3 Å². The van der Waals surface area contributed by atoms with Crippen LogP contribution in [0.4, 0.5) is 11.4 Å². The van der Waals surface area contributed by atoms with Crippen molar-refractivity contribution >= 4 is 39.1 Å². The lowest BCUT2D eigenvalue weighted by atomic mass is 10.1. The van der Waals surface area contributed by atoms with Gasteiger partial charge in [0.05, 0.1) is 11.6 Å². The van der Waals surface area contributed by atoms with Gasteiger partial charge in [0, 0.05) is 35.3 Å². The Morgan fingerprint density at radius 1 is 1.15 bits per heavy atom. The van der Waals surface area contributed by atoms with Crippen LogP contribution in [0, 0.1) is 12.8 Å². The summed E-state index contributed by atoms with van der Waals surface area (Å²) in [6.45, 7) is 3.35. The van der Waals surface area contributed by atoms with Crippen molar-refractivity contribution in [2.24, 2.45) is 5.92 Å². The fourth-order valence-corrected chi connectivity index (χ4v) is 3.67. The van der Waals surface area contributed by atoms with Gasteiger partial charge in [-0.3, -0.25) is 9.59 Å². The van der Waals surface area contributed by atoms with Crippen LogP contribution >= 0.6 is 15.9 Å². The van der Waals surface area contributed by atoms with Crippen LogP contribution in [0.5, 0.6) is 11.5 Å². The van der Waals surface area contributed by atoms with Crippen molar-refractivity contribution < 1.29 is 19.1 Å². The summed E-state index contributed by atoms with van der Waals surface area (Å²) in [5.41, 5.74) is 2.55. The number of hydrogen-bond donors (Lipinski definition) is 1. The largest absolute Gasteiger partial charge is 0.486 e. The van der Waals surface area contributed by atoms with Crippen molar-refractivity contribution in [3.63, 3.8) is 0 Å². The number of amides is 2. The maximum absolute atomic E-state index is 12.7. The molecule has 0 aromatic heterocycles. The third kappa shape index (κ3) is 3.64. The van der Waals surface area contributed by atoms with Crippen LogP contribution in [-0.4, -0.2) is 31.6 Å². The second kappa shape index (κ2) is 7.23. The fraction of sp³-hybridized carbons (Fsp3) is 0.300. The molecule has 140 valence electrons. The number of fused-ring (bicyclic) bond motifs is 1. The first-order chi connectivity index (χ1) is 13.0. The quantitative estimate of drug-likeness (QED) is 0.808. The molecule has 1 N–H and O–H groups in total. The molecule has 0 aliphatic carbocycles. The zero-order valence-electron chi connectivity index (χ0n) is 14.8. The first-order valence-corrected chi connectivity index (χ1v) is 9.57. The number of benzene rings is 2. The summed E-state index contributed by atoms with van der Waals surface area (Å²) in [7, 11) is 0. The standard InChI is InChI=1S/C20H19BrN2O4/c1-12-2-4-14(5-3-12)23-11-13(8-19(23)24)20(25)22-16-10-18-17(9-15(16)21)26-6-7-27-18/h2-5,9-10,13H,6-8,11H2,1H3,(H,22,25). The van der Waals surface area contributed by atoms with Crippen LogP contribution in [0.2, 0.25) is 0 Å². The molecule has 0 spiro atoms. The first kappa shape index (κ1) is 17.9. The summed E-state index contributed by atoms with van der Waals surface area (Å²) in [5, 5.41) is 2.90. The number of anilines is 2. The van der Waals surface area contributed by atoms with Crippen LogP contribution < -0.4 is 19.7 Å². The highest BCUT2D eigenvalue weighted by atomic mass is 79.9. The molecule has 0 radical (unpaired) electrons. The second-order valence-electron chi connectivity index (χ2n) is 6.71. The number of aryl methyl sites for hydroxylation is 1. The average molecular weight is 431 g/mol. The third-order valence-electron chi connectivity index (χ3n) is 4.73. The maximum atomic E-state index is 12.7. The molecular weight excluding hydrogens is 412 g/mol. The van der Waals surface area contributed by atoms with Gasteiger partial charge in [0.25, 0.3) is 0 Å². The minimum absolute atomic E-state index is 0.0414. The Bertz CT molecular complexity index is 898. The smallest absolute Gasteiger partial charge is 0.229 e. The van der Waals surface area contributed by atoms with E-state index in [1.807, 2.05) is 31.2 Å². The summed E-state index contributed by atoms with van der Waals surface area (Å²) in [5.74, 6) is 0.616. The highest BCUT2D eigenvalue weighted by Crippen LogP contribution is 2.38. The first-order valence-electron chi connectivity index (χ1n) is 8.78. The highest BCUT2D eigenvalue weighted by Gasteiger charge is 2.35. The number of nitrogens with zero attached hydrogens (tertiary/aromatic N) is 1. The molecule has 2 heterocycles. The Morgan fingerprint density at radius 2 is 1.81 bits per heavy atom. The number of hydrogen-bond acceptors (Lipinski definition) is 4. The molecule has 2 amide bonds. The molecule has 1 atom stereocenters. The van der Waals surface area contributed by atoms with Crippen LogP contribution in [0.25, 0.3) is 0 Å². The van der Waals surface area contributed by atoms with Crippen LogP contribution in [0.15, 0.2) is 40.9 Å². The van der Waals surface area contributed by atoms with Crippen molar-refractivity contribution in [3.05, 3.63) is 46.4 Å². The van der Waals surface area contributed by atoms with E-state index in [9.17, 15) is 9.59 Å². The molecule has 2 aliphatic rings. The minimum Gasteiger partial charge on any atom is -0.486 e. The number of carbonyl (C=O) groups excluding carboxylic acids is 2. The zero-order chi connectivity index (χ0) is 19.0. The third-order valence-corrected chi connectivity index (χ3v) is 5.39. The van der Waals surface area contributed by atoms with E-state index < -0.39 is 5.92 Å². The summed E-state index contributed by atoms with van der Waals surface area (Å²) in [4.78, 5) is 26.8. The Morgan fingerprint density at radius 3 is 2.52 bits per heavy atom. The predicted molar refractivity (Wildman–Crippen MR) is 105 cm³/mol. The number of halogens is 1. The van der Waals surface area contributed by atoms with Gasteiger partial charge >= 0.3 is 0 Å². The molecule has 1 saturated heterocycles. The zero-order valence-corrected chi connectivity index (χ0v) is 16.4. The molecule has 2 aromatic rings. The van der Waals surface area contributed by atoms with Gasteiger partial charge in [-0.1, -0.05) is 17.7 Å². The molecule has 0 bridgehead atoms. The van der Waals surface area contributed by atoms with E-state index in [-0.39, 0.29) is 18.2 Å². The molecule has 2 aliphatic heterocycles. The highest BCUT2D eigenvalue weighted by molar-refractivity contribution is 9.10. The van der Waals surface area contributed by atoms with Gasteiger partial charge in [0.15, 0.2) is 11.5 Å². The van der Waals surface area contributed by atoms with Gasteiger partial charge in [0.2, 0.25) is 11.8 Å². The van der Waals surface area contributed by atoms with Gasteiger partial charge in [-0.05, 0) is 35.0 Å². The molecular formula is C20H19BrN2O4. The number of rotatable bonds is 3. The van der Waals surface area contributed by atoms with Crippen molar-refractivity contribution in [1.82, 2.24) is 0 Å². The second-order valence-corrected chi connectivity index (χ2v) is 7.56. The van der Waals surface area contributed by atoms with Crippen molar-refractivity contribution in [2.75, 3.05) is 30.0 Å². The fourth-order valence-electron chi connectivity index (χ4n) is 3.25. The Kier molecular flexibility index (Phi) is 4.78. The lowest BCUT2D eigenvalue weighted by molar-refractivity contribution is -0.122. The van der Waals surface area contributed by atoms with Gasteiger partial charge in [-0.15, -0.1) is 0 Å². The topological polar surface area (TPSA) is 67.9 Å². The van der Waals surface area contributed by atoms with Crippen LogP contribution in [0.3, 0.4) is 0 Å². The van der Waals surface area contributed by atoms with Crippen molar-refractivity contribution in [2.45, 2.75) is 13.3 Å². The summed E-state index contributed by atoms with van der Waals surface area (Å²) in [6.07, 6.45) is 0.196. The SMILES string of the molecule is Cc1ccc(N2CC(C(=O)Nc3cc4c(cc3Br)OCCO4)CC2=O)cc1. The van der Waals surface area contributed by atoms with E-state index in [2.05, 4.69) is 21.2 Å². The van der Waals surface area contributed by atoms with Crippen molar-refractivity contribution in [1.29, 1.82) is 0 Å². The van der Waals surface area contributed by atoms with E-state index in [1.54, 1.807) is 17.0 Å². The van der Waals surface area contributed by atoms with Crippen molar-refractivity contribution in [3.8, 4) is 11.5 Å². The Labute approximate surface area is 165 Å². The summed E-state index contributed by atoms with van der Waals surface area (Å²) < 4.78 is 11.8. The lowest BCUT2D eigenvalue weighted by Gasteiger charge is -2.20. The number of ether oxygens (including phenoxy) is 2. The van der Waals surface area contributed by atoms with Crippen LogP contribution in [0.1, 0.15) is 12.0 Å². The number of carbonyl (C=O) groups is 2. The van der Waals surface area contributed by atoms with Gasteiger partial charge in [0.1, 0.15) is 13.2 Å². The monoisotopic (exact) mass is 430 g/mol. The molecule has 1 fully saturated rings. The molecule has 0 saturated carbocycles. The van der Waals surface area contributed by atoms with Gasteiger partial charge in [-0.25, -0.2) is 0 Å². The average Bonchev–Trinajstić information content (AvgIpc) is 3.05. The molecule has 4 rings (SSSR count). The molecule has 7 heteroatoms. The summed E-state index contributed by atoms with van der Waals surface area (Å²) >= 11 is 3.45. The van der Waals surface area contributed by atoms with Gasteiger partial charge in [-0.2, -0.15) is 0 Å². The minimum atomic E-state index is -0.404.